The lowest BCUT2D eigenvalue weighted by molar-refractivity contribution is 0.203. The van der Waals surface area contributed by atoms with Crippen molar-refractivity contribution in [1.82, 2.24) is 24.2 Å². The third kappa shape index (κ3) is 2.10. The van der Waals surface area contributed by atoms with Crippen molar-refractivity contribution in [1.29, 1.82) is 0 Å². The number of fused-ring (bicyclic) bond motifs is 1. The third-order valence-corrected chi connectivity index (χ3v) is 3.54. The van der Waals surface area contributed by atoms with Gasteiger partial charge in [0.05, 0.1) is 11.8 Å². The van der Waals surface area contributed by atoms with Crippen molar-refractivity contribution in [2.45, 2.75) is 6.54 Å². The Morgan fingerprint density at radius 1 is 1.09 bits per heavy atom. The van der Waals surface area contributed by atoms with Gasteiger partial charge in [-0.05, 0) is 29.8 Å². The highest BCUT2D eigenvalue weighted by Crippen LogP contribution is 2.23. The van der Waals surface area contributed by atoms with Crippen LogP contribution in [0.4, 0.5) is 0 Å². The number of benzene rings is 1. The van der Waals surface area contributed by atoms with Gasteiger partial charge in [0.2, 0.25) is 0 Å². The van der Waals surface area contributed by atoms with Crippen LogP contribution in [0.15, 0.2) is 61.4 Å². The van der Waals surface area contributed by atoms with Crippen molar-refractivity contribution < 1.29 is 5.21 Å². The topological polar surface area (TPSA) is 68.8 Å². The molecule has 0 saturated heterocycles. The van der Waals surface area contributed by atoms with Crippen molar-refractivity contribution >= 4 is 11.0 Å². The molecule has 0 aliphatic rings. The molecule has 4 aromatic rings. The smallest absolute Gasteiger partial charge is 0.178 e. The zero-order valence-electron chi connectivity index (χ0n) is 11.7. The van der Waals surface area contributed by atoms with E-state index in [9.17, 15) is 5.21 Å². The largest absolute Gasteiger partial charge is 0.426 e. The van der Waals surface area contributed by atoms with Gasteiger partial charge in [-0.15, -0.1) is 0 Å². The van der Waals surface area contributed by atoms with Crippen LogP contribution in [-0.4, -0.2) is 29.5 Å². The SMILES string of the molecule is On1c(-c2cccnc2)nc2ccc(Cn3ccnc3)cc21. The molecule has 1 N–H and O–H groups in total. The number of nitrogens with zero attached hydrogens (tertiary/aromatic N) is 5. The number of hydrogen-bond donors (Lipinski definition) is 1. The first-order valence-electron chi connectivity index (χ1n) is 6.88. The fourth-order valence-corrected chi connectivity index (χ4v) is 2.48. The van der Waals surface area contributed by atoms with E-state index in [0.29, 0.717) is 17.9 Å². The molecule has 0 aliphatic carbocycles. The lowest BCUT2D eigenvalue weighted by Crippen LogP contribution is -1.98. The van der Waals surface area contributed by atoms with E-state index in [-0.39, 0.29) is 0 Å². The molecule has 0 fully saturated rings. The summed E-state index contributed by atoms with van der Waals surface area (Å²) in [6, 6.07) is 9.53. The molecule has 0 unspecified atom stereocenters. The summed E-state index contributed by atoms with van der Waals surface area (Å²) < 4.78 is 3.09. The number of rotatable bonds is 3. The van der Waals surface area contributed by atoms with Gasteiger partial charge in [-0.25, -0.2) is 9.97 Å². The zero-order valence-corrected chi connectivity index (χ0v) is 11.7. The average molecular weight is 291 g/mol. The fourth-order valence-electron chi connectivity index (χ4n) is 2.48. The summed E-state index contributed by atoms with van der Waals surface area (Å²) in [7, 11) is 0. The Kier molecular flexibility index (Phi) is 2.86. The predicted octanol–water partition coefficient (Wildman–Crippen LogP) is 2.58. The number of hydrogen-bond acceptors (Lipinski definition) is 4. The molecular weight excluding hydrogens is 278 g/mol. The van der Waals surface area contributed by atoms with Gasteiger partial charge >= 0.3 is 0 Å². The molecule has 3 heterocycles. The maximum Gasteiger partial charge on any atom is 0.178 e. The second-order valence-electron chi connectivity index (χ2n) is 5.05. The summed E-state index contributed by atoms with van der Waals surface area (Å²) in [5.74, 6) is 0.489. The van der Waals surface area contributed by atoms with E-state index in [0.717, 1.165) is 21.4 Å². The van der Waals surface area contributed by atoms with Gasteiger partial charge in [-0.1, -0.05) is 6.07 Å². The predicted molar refractivity (Wildman–Crippen MR) is 81.5 cm³/mol. The van der Waals surface area contributed by atoms with Gasteiger partial charge in [0.15, 0.2) is 5.82 Å². The molecule has 0 amide bonds. The maximum atomic E-state index is 10.4. The van der Waals surface area contributed by atoms with Crippen LogP contribution in [0.1, 0.15) is 5.56 Å². The molecule has 4 rings (SSSR count). The van der Waals surface area contributed by atoms with Crippen molar-refractivity contribution in [3.63, 3.8) is 0 Å². The minimum Gasteiger partial charge on any atom is -0.426 e. The van der Waals surface area contributed by atoms with Crippen molar-refractivity contribution in [2.24, 2.45) is 0 Å². The van der Waals surface area contributed by atoms with E-state index in [2.05, 4.69) is 15.0 Å². The van der Waals surface area contributed by atoms with Gasteiger partial charge in [-0.3, -0.25) is 4.98 Å². The summed E-state index contributed by atoms with van der Waals surface area (Å²) in [5.41, 5.74) is 3.27. The second-order valence-corrected chi connectivity index (χ2v) is 5.05. The molecule has 6 heteroatoms. The molecule has 6 nitrogen and oxygen atoms in total. The molecule has 3 aromatic heterocycles. The molecule has 0 bridgehead atoms. The standard InChI is InChI=1S/C16H13N5O/c22-21-15-8-12(10-20-7-6-18-11-20)3-4-14(15)19-16(21)13-2-1-5-17-9-13/h1-9,11,22H,10H2. The Morgan fingerprint density at radius 3 is 2.82 bits per heavy atom. The lowest BCUT2D eigenvalue weighted by atomic mass is 10.2. The zero-order chi connectivity index (χ0) is 14.9. The molecule has 1 aromatic carbocycles. The van der Waals surface area contributed by atoms with Crippen LogP contribution in [0.25, 0.3) is 22.4 Å². The molecular formula is C16H13N5O. The minimum absolute atomic E-state index is 0.489. The molecule has 0 saturated carbocycles. The Hall–Kier alpha value is -3.15. The monoisotopic (exact) mass is 291 g/mol. The number of imidazole rings is 2. The minimum atomic E-state index is 0.489. The second kappa shape index (κ2) is 5.00. The number of aromatic nitrogens is 5. The van der Waals surface area contributed by atoms with Crippen molar-refractivity contribution in [3.8, 4) is 11.4 Å². The van der Waals surface area contributed by atoms with Crippen LogP contribution < -0.4 is 0 Å². The Balaban J connectivity index is 1.78. The normalized spacial score (nSPS) is 11.1. The molecule has 0 radical (unpaired) electrons. The molecule has 108 valence electrons. The molecule has 0 aliphatic heterocycles. The van der Waals surface area contributed by atoms with E-state index in [4.69, 9.17) is 0 Å². The van der Waals surface area contributed by atoms with Crippen molar-refractivity contribution in [3.05, 3.63) is 67.0 Å². The third-order valence-electron chi connectivity index (χ3n) is 3.54. The first-order chi connectivity index (χ1) is 10.8. The Morgan fingerprint density at radius 2 is 2.05 bits per heavy atom. The van der Waals surface area contributed by atoms with Crippen LogP contribution in [-0.2, 0) is 6.54 Å². The highest BCUT2D eigenvalue weighted by atomic mass is 16.5. The van der Waals surface area contributed by atoms with Gasteiger partial charge < -0.3 is 9.77 Å². The summed E-state index contributed by atoms with van der Waals surface area (Å²) >= 11 is 0. The van der Waals surface area contributed by atoms with Crippen LogP contribution in [0.5, 0.6) is 0 Å². The quantitative estimate of drug-likeness (QED) is 0.589. The highest BCUT2D eigenvalue weighted by molar-refractivity contribution is 5.80. The van der Waals surface area contributed by atoms with E-state index < -0.39 is 0 Å². The van der Waals surface area contributed by atoms with Crippen molar-refractivity contribution in [2.75, 3.05) is 0 Å². The Bertz CT molecular complexity index is 913. The first kappa shape index (κ1) is 12.6. The van der Waals surface area contributed by atoms with E-state index in [1.165, 1.54) is 0 Å². The summed E-state index contributed by atoms with van der Waals surface area (Å²) in [4.78, 5) is 12.6. The lowest BCUT2D eigenvalue weighted by Gasteiger charge is -2.03. The molecule has 0 spiro atoms. The van der Waals surface area contributed by atoms with E-state index >= 15 is 0 Å². The van der Waals surface area contributed by atoms with Crippen LogP contribution in [0, 0.1) is 0 Å². The Labute approximate surface area is 126 Å². The van der Waals surface area contributed by atoms with Gasteiger partial charge in [-0.2, -0.15) is 4.73 Å². The molecule has 0 atom stereocenters. The van der Waals surface area contributed by atoms with Gasteiger partial charge in [0, 0.05) is 36.9 Å². The maximum absolute atomic E-state index is 10.4. The van der Waals surface area contributed by atoms with E-state index in [1.54, 1.807) is 24.9 Å². The van der Waals surface area contributed by atoms with Gasteiger partial charge in [0.25, 0.3) is 0 Å². The van der Waals surface area contributed by atoms with Crippen LogP contribution in [0.3, 0.4) is 0 Å². The summed E-state index contributed by atoms with van der Waals surface area (Å²) in [6.07, 6.45) is 8.79. The molecule has 22 heavy (non-hydrogen) atoms. The van der Waals surface area contributed by atoms with Crippen LogP contribution >= 0.6 is 0 Å². The summed E-state index contributed by atoms with van der Waals surface area (Å²) in [5, 5.41) is 10.4. The fraction of sp³-hybridized carbons (Fsp3) is 0.0625. The highest BCUT2D eigenvalue weighted by Gasteiger charge is 2.12. The first-order valence-corrected chi connectivity index (χ1v) is 6.88. The summed E-state index contributed by atoms with van der Waals surface area (Å²) in [6.45, 7) is 0.698. The van der Waals surface area contributed by atoms with Gasteiger partial charge in [0.1, 0.15) is 5.52 Å². The van der Waals surface area contributed by atoms with Crippen LogP contribution in [0.2, 0.25) is 0 Å². The van der Waals surface area contributed by atoms with E-state index in [1.807, 2.05) is 41.1 Å². The number of pyridine rings is 1. The average Bonchev–Trinajstić information content (AvgIpc) is 3.17.